The summed E-state index contributed by atoms with van der Waals surface area (Å²) in [4.78, 5) is 26.6. The van der Waals surface area contributed by atoms with E-state index in [1.54, 1.807) is 4.57 Å². The number of aromatic nitrogens is 4. The third-order valence-corrected chi connectivity index (χ3v) is 6.49. The van der Waals surface area contributed by atoms with Crippen LogP contribution in [0.5, 0.6) is 0 Å². The molecular weight excluding hydrogens is 462 g/mol. The molecule has 1 saturated heterocycles. The van der Waals surface area contributed by atoms with Gasteiger partial charge < -0.3 is 30.9 Å². The fraction of sp³-hybridized carbons (Fsp3) is 0.520. The number of nitrogens with one attached hydrogen (secondary N) is 1. The first-order chi connectivity index (χ1) is 17.0. The zero-order valence-electron chi connectivity index (χ0n) is 21.1. The van der Waals surface area contributed by atoms with Gasteiger partial charge in [0.05, 0.1) is 12.7 Å². The number of amides is 1. The van der Waals surface area contributed by atoms with Crippen molar-refractivity contribution in [2.75, 3.05) is 32.4 Å². The molecule has 0 aliphatic carbocycles. The van der Waals surface area contributed by atoms with E-state index < -0.39 is 24.5 Å². The lowest BCUT2D eigenvalue weighted by Crippen LogP contribution is -2.41. The number of nitrogens with two attached hydrogens (primary N) is 1. The third kappa shape index (κ3) is 5.65. The molecule has 1 fully saturated rings. The number of nitrogen functional groups attached to an aromatic ring is 1. The molecule has 1 aromatic carbocycles. The summed E-state index contributed by atoms with van der Waals surface area (Å²) in [6.07, 6.45) is -0.658. The number of carbonyl (C=O) groups excluding carboxylic acids is 1. The largest absolute Gasteiger partial charge is 0.387 e. The van der Waals surface area contributed by atoms with Gasteiger partial charge in [-0.3, -0.25) is 9.36 Å². The van der Waals surface area contributed by atoms with Crippen molar-refractivity contribution in [3.63, 3.8) is 0 Å². The molecule has 0 bridgehead atoms. The molecular formula is C25H35N7O4. The van der Waals surface area contributed by atoms with Crippen LogP contribution in [0.4, 0.5) is 5.82 Å². The molecule has 2 aromatic heterocycles. The molecule has 1 amide bonds. The first-order valence-electron chi connectivity index (χ1n) is 12.0. The number of hydrogen-bond donors (Lipinski definition) is 4. The predicted octanol–water partition coefficient (Wildman–Crippen LogP) is 0.616. The van der Waals surface area contributed by atoms with Gasteiger partial charge in [-0.1, -0.05) is 45.0 Å². The summed E-state index contributed by atoms with van der Waals surface area (Å²) < 4.78 is 7.53. The Morgan fingerprint density at radius 1 is 1.17 bits per heavy atom. The quantitative estimate of drug-likeness (QED) is 0.351. The first-order valence-corrected chi connectivity index (χ1v) is 12.0. The Hall–Kier alpha value is -3.12. The van der Waals surface area contributed by atoms with Gasteiger partial charge in [-0.05, 0) is 23.6 Å². The lowest BCUT2D eigenvalue weighted by molar-refractivity contribution is -0.120. The summed E-state index contributed by atoms with van der Waals surface area (Å²) in [5, 5.41) is 24.1. The van der Waals surface area contributed by atoms with Crippen molar-refractivity contribution >= 4 is 22.9 Å². The van der Waals surface area contributed by atoms with Crippen LogP contribution in [-0.2, 0) is 21.4 Å². The number of nitrogens with zero attached hydrogens (tertiary/aromatic N) is 5. The number of fused-ring (bicyclic) bond motifs is 1. The van der Waals surface area contributed by atoms with Gasteiger partial charge in [0, 0.05) is 19.6 Å². The van der Waals surface area contributed by atoms with Gasteiger partial charge in [-0.2, -0.15) is 0 Å². The zero-order chi connectivity index (χ0) is 26.0. The first kappa shape index (κ1) is 26.0. The highest BCUT2D eigenvalue weighted by Gasteiger charge is 2.44. The van der Waals surface area contributed by atoms with Crippen molar-refractivity contribution < 1.29 is 19.7 Å². The average Bonchev–Trinajstić information content (AvgIpc) is 3.36. The topological polar surface area (TPSA) is 152 Å². The molecule has 4 atom stereocenters. The highest BCUT2D eigenvalue weighted by Crippen LogP contribution is 2.32. The lowest BCUT2D eigenvalue weighted by atomic mass is 9.86. The number of ether oxygens (including phenoxy) is 1. The van der Waals surface area contributed by atoms with Crippen LogP contribution in [0.25, 0.3) is 11.2 Å². The monoisotopic (exact) mass is 497 g/mol. The van der Waals surface area contributed by atoms with Crippen molar-refractivity contribution in [1.82, 2.24) is 29.7 Å². The van der Waals surface area contributed by atoms with Crippen LogP contribution >= 0.6 is 0 Å². The molecule has 0 unspecified atom stereocenters. The Balaban J connectivity index is 1.25. The number of hydrogen-bond acceptors (Lipinski definition) is 9. The van der Waals surface area contributed by atoms with Gasteiger partial charge in [0.15, 0.2) is 17.7 Å². The summed E-state index contributed by atoms with van der Waals surface area (Å²) in [6.45, 7) is 7.85. The van der Waals surface area contributed by atoms with Crippen molar-refractivity contribution in [1.29, 1.82) is 0 Å². The van der Waals surface area contributed by atoms with E-state index in [1.165, 1.54) is 18.2 Å². The summed E-state index contributed by atoms with van der Waals surface area (Å²) >= 11 is 0. The average molecular weight is 498 g/mol. The van der Waals surface area contributed by atoms with E-state index in [0.717, 1.165) is 5.56 Å². The second kappa shape index (κ2) is 10.5. The standard InChI is InChI=1S/C25H35N7O4/c1-25(2,3)16-7-5-15(6-8-16)11-18(33)27-9-10-31(4)12-17-20(34)21(35)24(36-17)32-14-30-19-22(26)28-13-29-23(19)32/h5-8,13-14,17,20-21,24,34-35H,9-12H2,1-4H3,(H,27,33)(H2,26,28,29)/t17-,20-,21-,24-/m1/s1. The molecule has 3 heterocycles. The number of rotatable bonds is 8. The molecule has 0 spiro atoms. The van der Waals surface area contributed by atoms with Crippen LogP contribution < -0.4 is 11.1 Å². The molecule has 0 radical (unpaired) electrons. The van der Waals surface area contributed by atoms with Crippen LogP contribution in [0.1, 0.15) is 38.1 Å². The maximum absolute atomic E-state index is 12.4. The van der Waals surface area contributed by atoms with Gasteiger partial charge in [-0.25, -0.2) is 15.0 Å². The smallest absolute Gasteiger partial charge is 0.224 e. The molecule has 36 heavy (non-hydrogen) atoms. The fourth-order valence-electron chi connectivity index (χ4n) is 4.32. The number of imidazole rings is 1. The van der Waals surface area contributed by atoms with Crippen LogP contribution in [0, 0.1) is 0 Å². The van der Waals surface area contributed by atoms with E-state index in [0.29, 0.717) is 37.2 Å². The third-order valence-electron chi connectivity index (χ3n) is 6.49. The van der Waals surface area contributed by atoms with E-state index in [1.807, 2.05) is 24.1 Å². The molecule has 11 heteroatoms. The highest BCUT2D eigenvalue weighted by molar-refractivity contribution is 5.81. The number of carbonyl (C=O) groups is 1. The molecule has 5 N–H and O–H groups in total. The van der Waals surface area contributed by atoms with E-state index >= 15 is 0 Å². The molecule has 1 aliphatic heterocycles. The minimum Gasteiger partial charge on any atom is -0.387 e. The minimum absolute atomic E-state index is 0.0483. The van der Waals surface area contributed by atoms with Crippen LogP contribution in [0.3, 0.4) is 0 Å². The molecule has 1 aliphatic rings. The van der Waals surface area contributed by atoms with Crippen molar-refractivity contribution in [3.05, 3.63) is 48.0 Å². The molecule has 3 aromatic rings. The van der Waals surface area contributed by atoms with Gasteiger partial charge in [-0.15, -0.1) is 0 Å². The lowest BCUT2D eigenvalue weighted by Gasteiger charge is -2.23. The van der Waals surface area contributed by atoms with Crippen LogP contribution in [-0.4, -0.2) is 85.5 Å². The number of anilines is 1. The summed E-state index contributed by atoms with van der Waals surface area (Å²) in [5.41, 5.74) is 8.94. The second-order valence-electron chi connectivity index (χ2n) is 10.4. The Labute approximate surface area is 210 Å². The van der Waals surface area contributed by atoms with E-state index in [2.05, 4.69) is 53.2 Å². The SMILES string of the molecule is CN(CCNC(=O)Cc1ccc(C(C)(C)C)cc1)C[C@H]1O[C@@H](n2cnc3c(N)ncnc32)[C@H](O)[C@@H]1O. The number of benzene rings is 1. The van der Waals surface area contributed by atoms with Gasteiger partial charge in [0.1, 0.15) is 30.2 Å². The maximum atomic E-state index is 12.4. The molecule has 4 rings (SSSR count). The number of aliphatic hydroxyl groups is 2. The number of likely N-dealkylation sites (N-methyl/N-ethyl adjacent to an activating group) is 1. The van der Waals surface area contributed by atoms with Crippen molar-refractivity contribution in [3.8, 4) is 0 Å². The minimum atomic E-state index is -1.17. The second-order valence-corrected chi connectivity index (χ2v) is 10.4. The molecule has 194 valence electrons. The Morgan fingerprint density at radius 2 is 1.89 bits per heavy atom. The van der Waals surface area contributed by atoms with Gasteiger partial charge >= 0.3 is 0 Å². The van der Waals surface area contributed by atoms with Crippen LogP contribution in [0.15, 0.2) is 36.9 Å². The Kier molecular flexibility index (Phi) is 7.55. The molecule has 11 nitrogen and oxygen atoms in total. The summed E-state index contributed by atoms with van der Waals surface area (Å²) in [6, 6.07) is 8.13. The summed E-state index contributed by atoms with van der Waals surface area (Å²) in [7, 11) is 1.87. The zero-order valence-corrected chi connectivity index (χ0v) is 21.1. The van der Waals surface area contributed by atoms with Gasteiger partial charge in [0.25, 0.3) is 0 Å². The van der Waals surface area contributed by atoms with Gasteiger partial charge in [0.2, 0.25) is 5.91 Å². The van der Waals surface area contributed by atoms with Crippen molar-refractivity contribution in [2.24, 2.45) is 0 Å². The van der Waals surface area contributed by atoms with Crippen molar-refractivity contribution in [2.45, 2.75) is 57.1 Å². The highest BCUT2D eigenvalue weighted by atomic mass is 16.6. The maximum Gasteiger partial charge on any atom is 0.224 e. The normalized spacial score (nSPS) is 22.4. The summed E-state index contributed by atoms with van der Waals surface area (Å²) in [5.74, 6) is 0.180. The predicted molar refractivity (Wildman–Crippen MR) is 135 cm³/mol. The number of aliphatic hydroxyl groups excluding tert-OH is 2. The van der Waals surface area contributed by atoms with E-state index in [-0.39, 0.29) is 17.1 Å². The fourth-order valence-corrected chi connectivity index (χ4v) is 4.32. The van der Waals surface area contributed by atoms with Crippen LogP contribution in [0.2, 0.25) is 0 Å². The van der Waals surface area contributed by atoms with E-state index in [4.69, 9.17) is 10.5 Å². The Morgan fingerprint density at radius 3 is 2.58 bits per heavy atom. The molecule has 0 saturated carbocycles. The van der Waals surface area contributed by atoms with E-state index in [9.17, 15) is 15.0 Å². The Bertz CT molecular complexity index is 1190.